The fourth-order valence-electron chi connectivity index (χ4n) is 5.04. The van der Waals surface area contributed by atoms with Crippen LogP contribution in [-0.2, 0) is 39.0 Å². The van der Waals surface area contributed by atoms with E-state index in [1.165, 1.54) is 4.80 Å². The van der Waals surface area contributed by atoms with Gasteiger partial charge in [-0.2, -0.15) is 4.80 Å². The van der Waals surface area contributed by atoms with Gasteiger partial charge in [-0.1, -0.05) is 57.2 Å². The van der Waals surface area contributed by atoms with Gasteiger partial charge in [-0.25, -0.2) is 9.80 Å². The van der Waals surface area contributed by atoms with E-state index in [2.05, 4.69) is 26.2 Å². The first-order valence-corrected chi connectivity index (χ1v) is 16.0. The van der Waals surface area contributed by atoms with Gasteiger partial charge >= 0.3 is 6.09 Å². The largest absolute Gasteiger partial charge is 0.497 e. The monoisotopic (exact) mass is 668 g/mol. The molecule has 48 heavy (non-hydrogen) atoms. The molecule has 4 unspecified atom stereocenters. The van der Waals surface area contributed by atoms with E-state index in [1.54, 1.807) is 19.2 Å². The predicted octanol–water partition coefficient (Wildman–Crippen LogP) is 1.94. The number of rotatable bonds is 13. The molecule has 262 valence electrons. The standard InChI is InChI=1S/C33H48N8O7/c1-33(2,3)29(34)31(43)35-27(17-22-10-14-25(45-5)15-11-22)28(42)19-41(38-32(44)48-26-7-6-16-46-21-47-20-26)18-23-8-12-24(13-9-23)30-36-39-40(4)37-30/h8-15,26-29,42H,6-7,16-21,34H2,1-5H3,(H,35,43)(H,38,44). The molecule has 1 fully saturated rings. The van der Waals surface area contributed by atoms with Crippen molar-refractivity contribution in [1.29, 1.82) is 0 Å². The van der Waals surface area contributed by atoms with Crippen molar-refractivity contribution in [3.63, 3.8) is 0 Å². The molecule has 0 saturated carbocycles. The Morgan fingerprint density at radius 2 is 1.83 bits per heavy atom. The number of hydrazine groups is 1. The minimum absolute atomic E-state index is 0.0522. The summed E-state index contributed by atoms with van der Waals surface area (Å²) in [4.78, 5) is 27.8. The normalized spacial score (nSPS) is 17.5. The van der Waals surface area contributed by atoms with Crippen LogP contribution >= 0.6 is 0 Å². The van der Waals surface area contributed by atoms with Gasteiger partial charge in [0.05, 0.1) is 39.0 Å². The quantitative estimate of drug-likeness (QED) is 0.194. The SMILES string of the molecule is COc1ccc(CC(NC(=O)C(N)C(C)(C)C)C(O)CN(Cc2ccc(-c3nnn(C)n3)cc2)NC(=O)OC2CCCOCOC2)cc1. The Morgan fingerprint density at radius 1 is 1.12 bits per heavy atom. The lowest BCUT2D eigenvalue weighted by Gasteiger charge is -2.33. The van der Waals surface area contributed by atoms with Crippen LogP contribution in [0.15, 0.2) is 48.5 Å². The summed E-state index contributed by atoms with van der Waals surface area (Å²) in [5.41, 5.74) is 11.0. The molecule has 2 heterocycles. The zero-order valence-corrected chi connectivity index (χ0v) is 28.3. The molecular weight excluding hydrogens is 620 g/mol. The zero-order valence-electron chi connectivity index (χ0n) is 28.3. The van der Waals surface area contributed by atoms with E-state index in [1.807, 2.05) is 69.3 Å². The first kappa shape index (κ1) is 36.7. The van der Waals surface area contributed by atoms with Crippen LogP contribution in [0.5, 0.6) is 5.75 Å². The molecule has 1 aliphatic heterocycles. The van der Waals surface area contributed by atoms with Gasteiger partial charge in [0.15, 0.2) is 0 Å². The maximum Gasteiger partial charge on any atom is 0.422 e. The summed E-state index contributed by atoms with van der Waals surface area (Å²) in [6.07, 6.45) is -0.678. The first-order valence-electron chi connectivity index (χ1n) is 16.0. The number of hydrogen-bond acceptors (Lipinski definition) is 12. The molecular formula is C33H48N8O7. The van der Waals surface area contributed by atoms with Crippen molar-refractivity contribution in [1.82, 2.24) is 36.0 Å². The van der Waals surface area contributed by atoms with Crippen molar-refractivity contribution in [2.75, 3.05) is 33.7 Å². The number of hydrogen-bond donors (Lipinski definition) is 4. The Morgan fingerprint density at radius 3 is 2.48 bits per heavy atom. The lowest BCUT2D eigenvalue weighted by Crippen LogP contribution is -2.57. The van der Waals surface area contributed by atoms with Crippen molar-refractivity contribution < 1.29 is 33.6 Å². The summed E-state index contributed by atoms with van der Waals surface area (Å²) in [6.45, 7) is 6.65. The smallest absolute Gasteiger partial charge is 0.422 e. The number of aryl methyl sites for hydroxylation is 1. The fourth-order valence-corrected chi connectivity index (χ4v) is 5.04. The summed E-state index contributed by atoms with van der Waals surface area (Å²) in [5, 5.41) is 28.4. The number of amides is 2. The number of benzene rings is 2. The van der Waals surface area contributed by atoms with E-state index in [9.17, 15) is 14.7 Å². The Bertz CT molecular complexity index is 1440. The van der Waals surface area contributed by atoms with Crippen molar-refractivity contribution in [2.24, 2.45) is 18.2 Å². The number of nitrogens with two attached hydrogens (primary N) is 1. The molecule has 1 aliphatic rings. The van der Waals surface area contributed by atoms with Crippen LogP contribution in [0.4, 0.5) is 4.79 Å². The third-order valence-electron chi connectivity index (χ3n) is 7.93. The molecule has 4 atom stereocenters. The number of nitrogens with zero attached hydrogens (tertiary/aromatic N) is 5. The minimum atomic E-state index is -1.13. The third-order valence-corrected chi connectivity index (χ3v) is 7.93. The number of methoxy groups -OCH3 is 1. The first-order chi connectivity index (χ1) is 22.9. The maximum atomic E-state index is 13.3. The van der Waals surface area contributed by atoms with Gasteiger partial charge in [0, 0.05) is 25.3 Å². The van der Waals surface area contributed by atoms with E-state index in [-0.39, 0.29) is 32.4 Å². The van der Waals surface area contributed by atoms with Crippen LogP contribution in [0, 0.1) is 5.41 Å². The van der Waals surface area contributed by atoms with Gasteiger partial charge in [0.1, 0.15) is 18.6 Å². The second kappa shape index (κ2) is 17.3. The molecule has 0 bridgehead atoms. The second-order valence-electron chi connectivity index (χ2n) is 12.9. The molecule has 1 aromatic heterocycles. The molecule has 0 spiro atoms. The number of aromatic nitrogens is 4. The Kier molecular flexibility index (Phi) is 13.2. The van der Waals surface area contributed by atoms with Crippen LogP contribution in [0.25, 0.3) is 11.4 Å². The van der Waals surface area contributed by atoms with Crippen LogP contribution in [0.1, 0.15) is 44.7 Å². The number of aliphatic hydroxyl groups excluding tert-OH is 1. The third kappa shape index (κ3) is 11.2. The van der Waals surface area contributed by atoms with Gasteiger partial charge < -0.3 is 35.1 Å². The van der Waals surface area contributed by atoms with Crippen molar-refractivity contribution in [3.8, 4) is 17.1 Å². The molecule has 4 rings (SSSR count). The minimum Gasteiger partial charge on any atom is -0.497 e. The van der Waals surface area contributed by atoms with E-state index in [0.29, 0.717) is 31.0 Å². The van der Waals surface area contributed by atoms with E-state index >= 15 is 0 Å². The summed E-state index contributed by atoms with van der Waals surface area (Å²) >= 11 is 0. The van der Waals surface area contributed by atoms with Crippen LogP contribution < -0.4 is 21.2 Å². The van der Waals surface area contributed by atoms with Gasteiger partial charge in [-0.15, -0.1) is 10.2 Å². The molecule has 0 radical (unpaired) electrons. The van der Waals surface area contributed by atoms with Gasteiger partial charge in [0.25, 0.3) is 0 Å². The number of carbonyl (C=O) groups excluding carboxylic acids is 2. The van der Waals surface area contributed by atoms with Gasteiger partial charge in [-0.05, 0) is 53.2 Å². The van der Waals surface area contributed by atoms with Crippen LogP contribution in [-0.4, -0.2) is 100 Å². The Balaban J connectivity index is 1.54. The molecule has 2 amide bonds. The van der Waals surface area contributed by atoms with E-state index in [0.717, 1.165) is 23.1 Å². The highest BCUT2D eigenvalue weighted by atomic mass is 16.7. The fraction of sp³-hybridized carbons (Fsp3) is 0.545. The highest BCUT2D eigenvalue weighted by Crippen LogP contribution is 2.20. The summed E-state index contributed by atoms with van der Waals surface area (Å²) in [5.74, 6) is 0.780. The number of ether oxygens (including phenoxy) is 4. The van der Waals surface area contributed by atoms with Gasteiger partial charge in [-0.3, -0.25) is 10.2 Å². The van der Waals surface area contributed by atoms with Crippen LogP contribution in [0.3, 0.4) is 0 Å². The Hall–Kier alpha value is -4.15. The lowest BCUT2D eigenvalue weighted by molar-refractivity contribution is -0.126. The van der Waals surface area contributed by atoms with Crippen molar-refractivity contribution in [3.05, 3.63) is 59.7 Å². The maximum absolute atomic E-state index is 13.3. The van der Waals surface area contributed by atoms with Crippen molar-refractivity contribution in [2.45, 2.75) is 70.9 Å². The van der Waals surface area contributed by atoms with Crippen molar-refractivity contribution >= 4 is 12.0 Å². The molecule has 1 saturated heterocycles. The summed E-state index contributed by atoms with van der Waals surface area (Å²) < 4.78 is 21.7. The molecule has 3 aromatic rings. The number of carbonyl (C=O) groups is 2. The topological polar surface area (TPSA) is 188 Å². The number of aliphatic hydroxyl groups is 1. The lowest BCUT2D eigenvalue weighted by atomic mass is 9.86. The zero-order chi connectivity index (χ0) is 34.7. The molecule has 0 aliphatic carbocycles. The van der Waals surface area contributed by atoms with Crippen LogP contribution in [0.2, 0.25) is 0 Å². The Labute approximate surface area is 281 Å². The molecule has 5 N–H and O–H groups in total. The molecule has 2 aromatic carbocycles. The predicted molar refractivity (Wildman–Crippen MR) is 176 cm³/mol. The number of tetrazole rings is 1. The van der Waals surface area contributed by atoms with E-state index < -0.39 is 35.8 Å². The molecule has 15 heteroatoms. The average Bonchev–Trinajstić information content (AvgIpc) is 3.47. The summed E-state index contributed by atoms with van der Waals surface area (Å²) in [6, 6.07) is 13.3. The van der Waals surface area contributed by atoms with E-state index in [4.69, 9.17) is 24.7 Å². The number of nitrogens with one attached hydrogen (secondary N) is 2. The average molecular weight is 669 g/mol. The second-order valence-corrected chi connectivity index (χ2v) is 12.9. The highest BCUT2D eigenvalue weighted by Gasteiger charge is 2.32. The van der Waals surface area contributed by atoms with Gasteiger partial charge in [0.2, 0.25) is 11.7 Å². The highest BCUT2D eigenvalue weighted by molar-refractivity contribution is 5.82. The summed E-state index contributed by atoms with van der Waals surface area (Å²) in [7, 11) is 3.28. The molecule has 15 nitrogen and oxygen atoms in total.